The lowest BCUT2D eigenvalue weighted by Crippen LogP contribution is -2.25. The normalized spacial score (nSPS) is 11.7. The summed E-state index contributed by atoms with van der Waals surface area (Å²) in [6.07, 6.45) is 1.75. The highest BCUT2D eigenvalue weighted by Gasteiger charge is 2.11. The molecule has 0 bridgehead atoms. The van der Waals surface area contributed by atoms with Gasteiger partial charge < -0.3 is 20.1 Å². The molecule has 3 aromatic rings. The number of benzene rings is 2. The number of carboxylic acid groups (broad SMARTS) is 1. The highest BCUT2D eigenvalue weighted by molar-refractivity contribution is 5.74. The summed E-state index contributed by atoms with van der Waals surface area (Å²) < 4.78 is 5.54. The monoisotopic (exact) mass is 405 g/mol. The number of anilines is 1. The number of nitrogens with zero attached hydrogens (tertiary/aromatic N) is 2. The lowest BCUT2D eigenvalue weighted by molar-refractivity contribution is -0.135. The highest BCUT2D eigenvalue weighted by Crippen LogP contribution is 2.31. The number of nitrogens with one attached hydrogen (secondary N) is 1. The molecule has 6 nitrogen and oxygen atoms in total. The first-order valence-corrected chi connectivity index (χ1v) is 9.82. The minimum atomic E-state index is -0.894. The molecule has 2 N–H and O–H groups in total. The van der Waals surface area contributed by atoms with Crippen molar-refractivity contribution in [2.45, 2.75) is 19.5 Å². The van der Waals surface area contributed by atoms with Gasteiger partial charge in [0.05, 0.1) is 7.11 Å². The molecule has 0 amide bonds. The summed E-state index contributed by atoms with van der Waals surface area (Å²) in [5.41, 5.74) is 4.25. The van der Waals surface area contributed by atoms with Crippen molar-refractivity contribution >= 4 is 11.8 Å². The molecule has 2 aromatic carbocycles. The van der Waals surface area contributed by atoms with Crippen LogP contribution in [0.2, 0.25) is 0 Å². The number of ether oxygens (including phenoxy) is 1. The molecule has 1 heterocycles. The van der Waals surface area contributed by atoms with E-state index in [2.05, 4.69) is 41.5 Å². The smallest absolute Gasteiger partial charge is 0.323 e. The van der Waals surface area contributed by atoms with Gasteiger partial charge >= 0.3 is 5.97 Å². The minimum Gasteiger partial charge on any atom is -0.496 e. The van der Waals surface area contributed by atoms with Crippen molar-refractivity contribution < 1.29 is 14.6 Å². The number of rotatable bonds is 9. The molecule has 1 aromatic heterocycles. The molecule has 1 atom stereocenters. The van der Waals surface area contributed by atoms with E-state index < -0.39 is 5.97 Å². The third kappa shape index (κ3) is 5.36. The van der Waals surface area contributed by atoms with Gasteiger partial charge in [-0.3, -0.25) is 4.79 Å². The maximum Gasteiger partial charge on any atom is 0.323 e. The zero-order valence-corrected chi connectivity index (χ0v) is 17.5. The van der Waals surface area contributed by atoms with E-state index >= 15 is 0 Å². The van der Waals surface area contributed by atoms with Crippen LogP contribution in [-0.4, -0.2) is 36.8 Å². The van der Waals surface area contributed by atoms with E-state index in [9.17, 15) is 4.79 Å². The first-order chi connectivity index (χ1) is 14.5. The Labute approximate surface area is 177 Å². The van der Waals surface area contributed by atoms with Crippen LogP contribution in [0.5, 0.6) is 5.75 Å². The van der Waals surface area contributed by atoms with Gasteiger partial charge in [0, 0.05) is 37.0 Å². The van der Waals surface area contributed by atoms with Gasteiger partial charge in [-0.1, -0.05) is 36.4 Å². The van der Waals surface area contributed by atoms with Crippen molar-refractivity contribution in [2.75, 3.05) is 25.6 Å². The number of aromatic nitrogens is 1. The summed E-state index contributed by atoms with van der Waals surface area (Å²) in [5.74, 6) is 0.480. The number of pyridine rings is 1. The largest absolute Gasteiger partial charge is 0.496 e. The SMILES string of the molecule is COc1ccc(CN[C@H](C)c2ccccc2)cc1-c1ccc(N(C)CC(=O)O)nc1. The molecule has 0 spiro atoms. The Morgan fingerprint density at radius 1 is 1.17 bits per heavy atom. The van der Waals surface area contributed by atoms with E-state index in [0.29, 0.717) is 5.82 Å². The lowest BCUT2D eigenvalue weighted by atomic mass is 10.0. The Kier molecular flexibility index (Phi) is 7.03. The fraction of sp³-hybridized carbons (Fsp3) is 0.250. The Bertz CT molecular complexity index is 975. The third-order valence-corrected chi connectivity index (χ3v) is 5.00. The Hall–Kier alpha value is -3.38. The van der Waals surface area contributed by atoms with E-state index in [-0.39, 0.29) is 12.6 Å². The fourth-order valence-electron chi connectivity index (χ4n) is 3.28. The number of hydrogen-bond acceptors (Lipinski definition) is 5. The van der Waals surface area contributed by atoms with Gasteiger partial charge in [0.15, 0.2) is 0 Å². The average molecular weight is 405 g/mol. The van der Waals surface area contributed by atoms with Crippen LogP contribution in [0.4, 0.5) is 5.82 Å². The number of carboxylic acids is 1. The predicted molar refractivity (Wildman–Crippen MR) is 119 cm³/mol. The topological polar surface area (TPSA) is 74.7 Å². The van der Waals surface area contributed by atoms with Crippen molar-refractivity contribution in [3.05, 3.63) is 78.0 Å². The summed E-state index contributed by atoms with van der Waals surface area (Å²) in [6, 6.07) is 20.4. The van der Waals surface area contributed by atoms with Crippen LogP contribution in [0, 0.1) is 0 Å². The number of aliphatic carboxylic acids is 1. The number of methoxy groups -OCH3 is 1. The van der Waals surface area contributed by atoms with Crippen molar-refractivity contribution in [1.82, 2.24) is 10.3 Å². The molecule has 0 aliphatic heterocycles. The molecule has 0 aliphatic carbocycles. The zero-order chi connectivity index (χ0) is 21.5. The molecule has 0 unspecified atom stereocenters. The van der Waals surface area contributed by atoms with Gasteiger partial charge in [0.2, 0.25) is 0 Å². The Morgan fingerprint density at radius 2 is 1.93 bits per heavy atom. The molecular weight excluding hydrogens is 378 g/mol. The molecule has 0 aliphatic rings. The predicted octanol–water partition coefficient (Wildman–Crippen LogP) is 4.13. The summed E-state index contributed by atoms with van der Waals surface area (Å²) in [5, 5.41) is 12.5. The zero-order valence-electron chi connectivity index (χ0n) is 17.5. The second-order valence-electron chi connectivity index (χ2n) is 7.20. The third-order valence-electron chi connectivity index (χ3n) is 5.00. The standard InChI is InChI=1S/C24H27N3O3/c1-17(19-7-5-4-6-8-19)25-14-18-9-11-22(30-3)21(13-18)20-10-12-23(26-15-20)27(2)16-24(28)29/h4-13,15,17,25H,14,16H2,1-3H3,(H,28,29)/t17-/m1/s1. The summed E-state index contributed by atoms with van der Waals surface area (Å²) in [7, 11) is 3.35. The van der Waals surface area contributed by atoms with Gasteiger partial charge in [-0.2, -0.15) is 0 Å². The van der Waals surface area contributed by atoms with Crippen LogP contribution in [0.1, 0.15) is 24.1 Å². The average Bonchev–Trinajstić information content (AvgIpc) is 2.77. The second-order valence-corrected chi connectivity index (χ2v) is 7.20. The van der Waals surface area contributed by atoms with E-state index in [1.807, 2.05) is 36.4 Å². The second kappa shape index (κ2) is 9.89. The quantitative estimate of drug-likeness (QED) is 0.558. The molecule has 0 saturated heterocycles. The lowest BCUT2D eigenvalue weighted by Gasteiger charge is -2.17. The van der Waals surface area contributed by atoms with E-state index in [1.165, 1.54) is 5.56 Å². The van der Waals surface area contributed by atoms with Crippen LogP contribution in [0.25, 0.3) is 11.1 Å². The maximum absolute atomic E-state index is 10.9. The Morgan fingerprint density at radius 3 is 2.57 bits per heavy atom. The molecule has 30 heavy (non-hydrogen) atoms. The minimum absolute atomic E-state index is 0.101. The van der Waals surface area contributed by atoms with Crippen LogP contribution in [0.15, 0.2) is 66.9 Å². The highest BCUT2D eigenvalue weighted by atomic mass is 16.5. The van der Waals surface area contributed by atoms with Crippen LogP contribution >= 0.6 is 0 Å². The number of carbonyl (C=O) groups is 1. The first kappa shape index (κ1) is 21.3. The van der Waals surface area contributed by atoms with Crippen molar-refractivity contribution in [2.24, 2.45) is 0 Å². The van der Waals surface area contributed by atoms with Gasteiger partial charge in [0.25, 0.3) is 0 Å². The molecule has 3 rings (SSSR count). The number of likely N-dealkylation sites (N-methyl/N-ethyl adjacent to an activating group) is 1. The molecule has 0 radical (unpaired) electrons. The first-order valence-electron chi connectivity index (χ1n) is 9.82. The van der Waals surface area contributed by atoms with Crippen molar-refractivity contribution in [3.63, 3.8) is 0 Å². The molecule has 0 saturated carbocycles. The fourth-order valence-corrected chi connectivity index (χ4v) is 3.28. The summed E-state index contributed by atoms with van der Waals surface area (Å²) in [4.78, 5) is 16.9. The van der Waals surface area contributed by atoms with Crippen LogP contribution in [-0.2, 0) is 11.3 Å². The van der Waals surface area contributed by atoms with Crippen LogP contribution in [0.3, 0.4) is 0 Å². The Balaban J connectivity index is 1.76. The van der Waals surface area contributed by atoms with Gasteiger partial charge in [0.1, 0.15) is 18.1 Å². The summed E-state index contributed by atoms with van der Waals surface area (Å²) in [6.45, 7) is 2.77. The molecule has 156 valence electrons. The van der Waals surface area contributed by atoms with Crippen molar-refractivity contribution in [3.8, 4) is 16.9 Å². The van der Waals surface area contributed by atoms with E-state index in [0.717, 1.165) is 29.0 Å². The van der Waals surface area contributed by atoms with Crippen molar-refractivity contribution in [1.29, 1.82) is 0 Å². The van der Waals surface area contributed by atoms with E-state index in [4.69, 9.17) is 9.84 Å². The molecule has 0 fully saturated rings. The maximum atomic E-state index is 10.9. The molecule has 6 heteroatoms. The molecular formula is C24H27N3O3. The number of hydrogen-bond donors (Lipinski definition) is 2. The van der Waals surface area contributed by atoms with Crippen LogP contribution < -0.4 is 15.0 Å². The van der Waals surface area contributed by atoms with Gasteiger partial charge in [-0.15, -0.1) is 0 Å². The summed E-state index contributed by atoms with van der Waals surface area (Å²) >= 11 is 0. The van der Waals surface area contributed by atoms with Gasteiger partial charge in [-0.05, 0) is 42.3 Å². The van der Waals surface area contributed by atoms with Gasteiger partial charge in [-0.25, -0.2) is 4.98 Å². The van der Waals surface area contributed by atoms with E-state index in [1.54, 1.807) is 25.3 Å².